The van der Waals surface area contributed by atoms with Crippen LogP contribution >= 0.6 is 11.6 Å². The largest absolute Gasteiger partial charge is 0.471 e. The number of carbonyl (C=O) groups is 1. The fourth-order valence-corrected chi connectivity index (χ4v) is 2.68. The molecule has 1 aromatic carbocycles. The third kappa shape index (κ3) is 4.10. The maximum absolute atomic E-state index is 12.4. The van der Waals surface area contributed by atoms with E-state index < -0.39 is 0 Å². The number of ether oxygens (including phenoxy) is 1. The minimum absolute atomic E-state index is 0.0857. The topological polar surface area (TPSA) is 67.4 Å². The van der Waals surface area contributed by atoms with Crippen molar-refractivity contribution in [3.05, 3.63) is 47.9 Å². The maximum atomic E-state index is 12.4. The summed E-state index contributed by atoms with van der Waals surface area (Å²) in [5, 5.41) is 3.35. The Morgan fingerprint density at radius 3 is 3.00 bits per heavy atom. The summed E-state index contributed by atoms with van der Waals surface area (Å²) in [6.45, 7) is 1.20. The molecular formula is C16H17ClN4O2. The number of rotatable bonds is 3. The van der Waals surface area contributed by atoms with Gasteiger partial charge in [-0.3, -0.25) is 4.98 Å². The summed E-state index contributed by atoms with van der Waals surface area (Å²) in [7, 11) is 0. The number of nitrogens with zero attached hydrogens (tertiary/aromatic N) is 3. The number of aromatic nitrogens is 2. The quantitative estimate of drug-likeness (QED) is 0.937. The lowest BCUT2D eigenvalue weighted by Gasteiger charge is -2.32. The van der Waals surface area contributed by atoms with Crippen LogP contribution < -0.4 is 10.1 Å². The van der Waals surface area contributed by atoms with Gasteiger partial charge in [-0.05, 0) is 25.0 Å². The second-order valence-electron chi connectivity index (χ2n) is 5.28. The van der Waals surface area contributed by atoms with Gasteiger partial charge in [0.2, 0.25) is 5.88 Å². The van der Waals surface area contributed by atoms with Crippen LogP contribution in [0, 0.1) is 0 Å². The molecular weight excluding hydrogens is 316 g/mol. The lowest BCUT2D eigenvalue weighted by molar-refractivity contribution is 0.102. The van der Waals surface area contributed by atoms with Gasteiger partial charge in [-0.2, -0.15) is 0 Å². The summed E-state index contributed by atoms with van der Waals surface area (Å²) in [5.41, 5.74) is 0.608. The van der Waals surface area contributed by atoms with Crippen LogP contribution in [0.25, 0.3) is 0 Å². The van der Waals surface area contributed by atoms with Crippen molar-refractivity contribution in [2.75, 3.05) is 18.4 Å². The summed E-state index contributed by atoms with van der Waals surface area (Å²) < 4.78 is 5.79. The Bertz CT molecular complexity index is 668. The number of para-hydroxylation sites is 1. The first kappa shape index (κ1) is 15.6. The van der Waals surface area contributed by atoms with Crippen LogP contribution in [0.2, 0.25) is 5.02 Å². The smallest absolute Gasteiger partial charge is 0.322 e. The average molecular weight is 333 g/mol. The molecule has 3 rings (SSSR count). The monoisotopic (exact) mass is 332 g/mol. The molecule has 2 heterocycles. The Morgan fingerprint density at radius 2 is 2.22 bits per heavy atom. The zero-order valence-electron chi connectivity index (χ0n) is 12.5. The SMILES string of the molecule is O=C(Nc1ccccc1Cl)N1CCCC(Oc2cnccn2)C1. The summed E-state index contributed by atoms with van der Waals surface area (Å²) in [6.07, 6.45) is 6.42. The van der Waals surface area contributed by atoms with Crippen molar-refractivity contribution in [3.63, 3.8) is 0 Å². The highest BCUT2D eigenvalue weighted by atomic mass is 35.5. The zero-order chi connectivity index (χ0) is 16.1. The molecule has 23 heavy (non-hydrogen) atoms. The Kier molecular flexibility index (Phi) is 4.92. The average Bonchev–Trinajstić information content (AvgIpc) is 2.58. The van der Waals surface area contributed by atoms with Crippen LogP contribution in [0.5, 0.6) is 5.88 Å². The van der Waals surface area contributed by atoms with E-state index in [0.29, 0.717) is 29.7 Å². The Hall–Kier alpha value is -2.34. The summed E-state index contributed by atoms with van der Waals surface area (Å²) in [5.74, 6) is 0.478. The number of piperidine rings is 1. The van der Waals surface area contributed by atoms with Crippen molar-refractivity contribution >= 4 is 23.3 Å². The Balaban J connectivity index is 1.59. The number of nitrogens with one attached hydrogen (secondary N) is 1. The molecule has 0 saturated carbocycles. The third-order valence-corrected chi connectivity index (χ3v) is 3.94. The van der Waals surface area contributed by atoms with E-state index in [1.165, 1.54) is 0 Å². The van der Waals surface area contributed by atoms with E-state index in [9.17, 15) is 4.79 Å². The van der Waals surface area contributed by atoms with Crippen LogP contribution in [0.3, 0.4) is 0 Å². The van der Waals surface area contributed by atoms with Gasteiger partial charge in [0.1, 0.15) is 6.10 Å². The molecule has 1 saturated heterocycles. The molecule has 1 unspecified atom stereocenters. The molecule has 1 atom stereocenters. The van der Waals surface area contributed by atoms with Gasteiger partial charge >= 0.3 is 6.03 Å². The van der Waals surface area contributed by atoms with Crippen molar-refractivity contribution in [2.24, 2.45) is 0 Å². The Morgan fingerprint density at radius 1 is 1.35 bits per heavy atom. The number of urea groups is 1. The molecule has 1 aliphatic rings. The summed E-state index contributed by atoms with van der Waals surface area (Å²) >= 11 is 6.07. The van der Waals surface area contributed by atoms with E-state index in [2.05, 4.69) is 15.3 Å². The zero-order valence-corrected chi connectivity index (χ0v) is 13.2. The second kappa shape index (κ2) is 7.28. The van der Waals surface area contributed by atoms with Crippen molar-refractivity contribution < 1.29 is 9.53 Å². The highest BCUT2D eigenvalue weighted by Crippen LogP contribution is 2.22. The molecule has 120 valence electrons. The van der Waals surface area contributed by atoms with E-state index in [0.717, 1.165) is 12.8 Å². The van der Waals surface area contributed by atoms with Crippen LogP contribution in [0.1, 0.15) is 12.8 Å². The predicted molar refractivity (Wildman–Crippen MR) is 87.7 cm³/mol. The molecule has 0 aliphatic carbocycles. The highest BCUT2D eigenvalue weighted by Gasteiger charge is 2.25. The minimum atomic E-state index is -0.175. The molecule has 0 bridgehead atoms. The molecule has 2 amide bonds. The van der Waals surface area contributed by atoms with E-state index in [4.69, 9.17) is 16.3 Å². The lowest BCUT2D eigenvalue weighted by Crippen LogP contribution is -2.46. The van der Waals surface area contributed by atoms with Gasteiger partial charge in [0.05, 0.1) is 23.5 Å². The standard InChI is InChI=1S/C16H17ClN4O2/c17-13-5-1-2-6-14(13)20-16(22)21-9-3-4-12(11-21)23-15-10-18-7-8-19-15/h1-2,5-8,10,12H,3-4,9,11H2,(H,20,22). The van der Waals surface area contributed by atoms with Gasteiger partial charge in [-0.1, -0.05) is 23.7 Å². The Labute approximate surface area is 139 Å². The molecule has 6 nitrogen and oxygen atoms in total. The van der Waals surface area contributed by atoms with Crippen LogP contribution in [0.15, 0.2) is 42.9 Å². The van der Waals surface area contributed by atoms with Crippen molar-refractivity contribution in [3.8, 4) is 5.88 Å². The number of carbonyl (C=O) groups excluding carboxylic acids is 1. The van der Waals surface area contributed by atoms with Gasteiger partial charge in [0, 0.05) is 18.9 Å². The first-order valence-electron chi connectivity index (χ1n) is 7.45. The van der Waals surface area contributed by atoms with E-state index in [-0.39, 0.29) is 12.1 Å². The number of amides is 2. The van der Waals surface area contributed by atoms with Gasteiger partial charge in [0.15, 0.2) is 0 Å². The van der Waals surface area contributed by atoms with E-state index >= 15 is 0 Å². The number of hydrogen-bond donors (Lipinski definition) is 1. The van der Waals surface area contributed by atoms with Crippen molar-refractivity contribution in [1.29, 1.82) is 0 Å². The van der Waals surface area contributed by atoms with E-state index in [1.54, 1.807) is 35.6 Å². The van der Waals surface area contributed by atoms with Crippen molar-refractivity contribution in [2.45, 2.75) is 18.9 Å². The van der Waals surface area contributed by atoms with Gasteiger partial charge in [-0.15, -0.1) is 0 Å². The predicted octanol–water partition coefficient (Wildman–Crippen LogP) is 3.21. The molecule has 7 heteroatoms. The number of benzene rings is 1. The maximum Gasteiger partial charge on any atom is 0.322 e. The van der Waals surface area contributed by atoms with Gasteiger partial charge in [-0.25, -0.2) is 9.78 Å². The minimum Gasteiger partial charge on any atom is -0.471 e. The lowest BCUT2D eigenvalue weighted by atomic mass is 10.1. The van der Waals surface area contributed by atoms with E-state index in [1.807, 2.05) is 12.1 Å². The number of halogens is 1. The van der Waals surface area contributed by atoms with Gasteiger partial charge in [0.25, 0.3) is 0 Å². The third-order valence-electron chi connectivity index (χ3n) is 3.61. The van der Waals surface area contributed by atoms with Crippen LogP contribution in [-0.4, -0.2) is 40.1 Å². The molecule has 0 radical (unpaired) electrons. The normalized spacial score (nSPS) is 17.6. The van der Waals surface area contributed by atoms with Crippen LogP contribution in [0.4, 0.5) is 10.5 Å². The fraction of sp³-hybridized carbons (Fsp3) is 0.312. The van der Waals surface area contributed by atoms with Crippen molar-refractivity contribution in [1.82, 2.24) is 14.9 Å². The molecule has 1 N–H and O–H groups in total. The van der Waals surface area contributed by atoms with Crippen LogP contribution in [-0.2, 0) is 0 Å². The molecule has 1 fully saturated rings. The highest BCUT2D eigenvalue weighted by molar-refractivity contribution is 6.33. The fourth-order valence-electron chi connectivity index (χ4n) is 2.49. The molecule has 1 aromatic heterocycles. The second-order valence-corrected chi connectivity index (χ2v) is 5.69. The summed E-state index contributed by atoms with van der Waals surface area (Å²) in [4.78, 5) is 22.2. The molecule has 1 aliphatic heterocycles. The first-order chi connectivity index (χ1) is 11.2. The number of anilines is 1. The molecule has 0 spiro atoms. The van der Waals surface area contributed by atoms with Gasteiger partial charge < -0.3 is 15.0 Å². The first-order valence-corrected chi connectivity index (χ1v) is 7.83. The number of likely N-dealkylation sites (tertiary alicyclic amines) is 1. The number of hydrogen-bond acceptors (Lipinski definition) is 4. The summed E-state index contributed by atoms with van der Waals surface area (Å²) in [6, 6.07) is 7.00. The molecule has 2 aromatic rings.